The average molecular weight is 697 g/mol. The molecule has 1 aromatic heterocycles. The molecule has 50 heavy (non-hydrogen) atoms. The molecule has 3 amide bonds. The molecule has 0 aliphatic rings. The Kier molecular flexibility index (Phi) is 9.73. The third kappa shape index (κ3) is 7.71. The van der Waals surface area contributed by atoms with E-state index in [0.717, 1.165) is 29.0 Å². The second-order valence-corrected chi connectivity index (χ2v) is 12.4. The van der Waals surface area contributed by atoms with Crippen molar-refractivity contribution in [1.29, 1.82) is 0 Å². The molecule has 0 aliphatic heterocycles. The lowest BCUT2D eigenvalue weighted by Gasteiger charge is -2.25. The molecule has 12 heteroatoms. The zero-order valence-electron chi connectivity index (χ0n) is 26.4. The number of aromatic nitrogens is 1. The van der Waals surface area contributed by atoms with Crippen LogP contribution in [0.2, 0.25) is 0 Å². The zero-order chi connectivity index (χ0) is 35.4. The first-order valence-corrected chi connectivity index (χ1v) is 16.1. The van der Waals surface area contributed by atoms with Crippen LogP contribution in [0.5, 0.6) is 0 Å². The van der Waals surface area contributed by atoms with Crippen molar-refractivity contribution in [2.24, 2.45) is 0 Å². The van der Waals surface area contributed by atoms with Gasteiger partial charge in [-0.05, 0) is 70.8 Å². The Labute approximate surface area is 288 Å². The molecule has 0 radical (unpaired) electrons. The normalized spacial score (nSPS) is 11.9. The summed E-state index contributed by atoms with van der Waals surface area (Å²) in [5.74, 6) is -1.81. The number of amides is 3. The predicted molar refractivity (Wildman–Crippen MR) is 184 cm³/mol. The maximum atomic E-state index is 13.6. The number of carbonyl (C=O) groups is 3. The van der Waals surface area contributed by atoms with E-state index in [-0.39, 0.29) is 28.8 Å². The van der Waals surface area contributed by atoms with E-state index in [0.29, 0.717) is 32.6 Å². The predicted octanol–water partition coefficient (Wildman–Crippen LogP) is 8.50. The van der Waals surface area contributed by atoms with E-state index in [9.17, 15) is 31.9 Å². The summed E-state index contributed by atoms with van der Waals surface area (Å²) in [6, 6.07) is 29.7. The van der Waals surface area contributed by atoms with Crippen LogP contribution in [0.4, 0.5) is 23.2 Å². The number of benzene rings is 5. The first-order valence-electron chi connectivity index (χ1n) is 15.3. The Morgan fingerprint density at radius 1 is 0.820 bits per heavy atom. The van der Waals surface area contributed by atoms with Crippen molar-refractivity contribution in [3.63, 3.8) is 0 Å². The van der Waals surface area contributed by atoms with Crippen LogP contribution in [0, 0.1) is 5.82 Å². The smallest absolute Gasteiger partial charge is 0.339 e. The van der Waals surface area contributed by atoms with Crippen LogP contribution in [0.25, 0.3) is 21.3 Å². The largest absolute Gasteiger partial charge is 0.416 e. The molecule has 0 unspecified atom stereocenters. The fourth-order valence-electron chi connectivity index (χ4n) is 5.36. The Bertz CT molecular complexity index is 2170. The van der Waals surface area contributed by atoms with Crippen molar-refractivity contribution in [3.05, 3.63) is 154 Å². The number of likely N-dealkylation sites (N-methyl/N-ethyl adjacent to an activating group) is 1. The summed E-state index contributed by atoms with van der Waals surface area (Å²) in [6.45, 7) is 0.197. The summed E-state index contributed by atoms with van der Waals surface area (Å²) in [7, 11) is 1.60. The maximum absolute atomic E-state index is 13.6. The lowest BCUT2D eigenvalue weighted by Crippen LogP contribution is -2.41. The zero-order valence-corrected chi connectivity index (χ0v) is 27.2. The van der Waals surface area contributed by atoms with Gasteiger partial charge in [-0.3, -0.25) is 14.4 Å². The van der Waals surface area contributed by atoms with Gasteiger partial charge in [-0.2, -0.15) is 13.2 Å². The molecule has 0 saturated carbocycles. The molecule has 1 heterocycles. The van der Waals surface area contributed by atoms with Crippen molar-refractivity contribution in [1.82, 2.24) is 15.2 Å². The molecule has 0 spiro atoms. The molecular formula is C38H28F4N4O3S. The molecule has 6 aromatic rings. The number of rotatable bonds is 9. The minimum Gasteiger partial charge on any atom is -0.339 e. The minimum atomic E-state index is -4.48. The van der Waals surface area contributed by atoms with E-state index in [1.165, 1.54) is 29.2 Å². The van der Waals surface area contributed by atoms with Gasteiger partial charge in [0, 0.05) is 24.8 Å². The molecule has 0 saturated heterocycles. The molecule has 252 valence electrons. The second-order valence-electron chi connectivity index (χ2n) is 11.4. The molecule has 6 rings (SSSR count). The first kappa shape index (κ1) is 34.0. The number of nitrogens with zero attached hydrogens (tertiary/aromatic N) is 2. The number of hydrogen-bond donors (Lipinski definition) is 2. The lowest BCUT2D eigenvalue weighted by molar-refractivity contribution is -0.137. The van der Waals surface area contributed by atoms with Crippen LogP contribution < -0.4 is 10.6 Å². The molecule has 7 nitrogen and oxygen atoms in total. The number of thiazole rings is 1. The fraction of sp³-hybridized carbons (Fsp3) is 0.105. The van der Waals surface area contributed by atoms with Crippen molar-refractivity contribution >= 4 is 45.0 Å². The summed E-state index contributed by atoms with van der Waals surface area (Å²) in [6.07, 6.45) is -4.48. The van der Waals surface area contributed by atoms with Crippen molar-refractivity contribution in [2.75, 3.05) is 12.4 Å². The SMILES string of the molecule is CN(Cc1ccc(F)cc1)C(=O)[C@@H](NC(=O)c1nc2ccc(NC(=O)c3ccccc3-c3ccc(C(F)(F)F)cc3)cc2s1)c1ccccc1. The lowest BCUT2D eigenvalue weighted by atomic mass is 9.98. The number of hydrogen-bond acceptors (Lipinski definition) is 5. The summed E-state index contributed by atoms with van der Waals surface area (Å²) >= 11 is 1.08. The molecule has 1 atom stereocenters. The molecule has 2 N–H and O–H groups in total. The fourth-order valence-corrected chi connectivity index (χ4v) is 6.27. The number of nitrogens with one attached hydrogen (secondary N) is 2. The van der Waals surface area contributed by atoms with Gasteiger partial charge in [-0.1, -0.05) is 72.8 Å². The number of anilines is 1. The van der Waals surface area contributed by atoms with E-state index in [4.69, 9.17) is 0 Å². The van der Waals surface area contributed by atoms with Gasteiger partial charge >= 0.3 is 6.18 Å². The standard InChI is InChI=1S/C38H28F4N4O3S/c1-46(22-23-11-17-27(39)18-12-23)37(49)33(25-7-3-2-4-8-25)45-35(48)36-44-31-20-19-28(21-32(31)50-36)43-34(47)30-10-6-5-9-29(30)24-13-15-26(16-14-24)38(40,41)42/h2-21,33H,22H2,1H3,(H,43,47)(H,45,48)/t33-/m0/s1. The molecular weight excluding hydrogens is 669 g/mol. The van der Waals surface area contributed by atoms with Crippen LogP contribution in [-0.2, 0) is 17.5 Å². The van der Waals surface area contributed by atoms with Gasteiger partial charge in [0.2, 0.25) is 5.91 Å². The Balaban J connectivity index is 1.19. The highest BCUT2D eigenvalue weighted by atomic mass is 32.1. The van der Waals surface area contributed by atoms with Crippen molar-refractivity contribution < 1.29 is 31.9 Å². The van der Waals surface area contributed by atoms with Gasteiger partial charge in [0.15, 0.2) is 5.01 Å². The second kappa shape index (κ2) is 14.3. The summed E-state index contributed by atoms with van der Waals surface area (Å²) < 4.78 is 53.2. The quantitative estimate of drug-likeness (QED) is 0.148. The highest BCUT2D eigenvalue weighted by Crippen LogP contribution is 2.33. The number of fused-ring (bicyclic) bond motifs is 1. The van der Waals surface area contributed by atoms with Gasteiger partial charge in [-0.15, -0.1) is 11.3 Å². The first-order chi connectivity index (χ1) is 24.0. The van der Waals surface area contributed by atoms with Crippen LogP contribution in [0.15, 0.2) is 121 Å². The number of halogens is 4. The van der Waals surface area contributed by atoms with Gasteiger partial charge in [-0.25, -0.2) is 9.37 Å². The third-order valence-electron chi connectivity index (χ3n) is 7.90. The summed E-state index contributed by atoms with van der Waals surface area (Å²) in [5.41, 5.74) is 2.59. The van der Waals surface area contributed by atoms with Gasteiger partial charge in [0.25, 0.3) is 11.8 Å². The van der Waals surface area contributed by atoms with E-state index in [1.54, 1.807) is 92.0 Å². The Morgan fingerprint density at radius 2 is 1.50 bits per heavy atom. The molecule has 5 aromatic carbocycles. The number of carbonyl (C=O) groups excluding carboxylic acids is 3. The highest BCUT2D eigenvalue weighted by Gasteiger charge is 2.30. The van der Waals surface area contributed by atoms with Crippen LogP contribution >= 0.6 is 11.3 Å². The minimum absolute atomic E-state index is 0.103. The Morgan fingerprint density at radius 3 is 2.20 bits per heavy atom. The monoisotopic (exact) mass is 696 g/mol. The van der Waals surface area contributed by atoms with Crippen molar-refractivity contribution in [3.8, 4) is 11.1 Å². The van der Waals surface area contributed by atoms with Gasteiger partial charge < -0.3 is 15.5 Å². The van der Waals surface area contributed by atoms with E-state index >= 15 is 0 Å². The highest BCUT2D eigenvalue weighted by molar-refractivity contribution is 7.20. The van der Waals surface area contributed by atoms with Crippen LogP contribution in [-0.4, -0.2) is 34.7 Å². The summed E-state index contributed by atoms with van der Waals surface area (Å²) in [4.78, 5) is 46.4. The molecule has 0 fully saturated rings. The Hall–Kier alpha value is -5.88. The van der Waals surface area contributed by atoms with Gasteiger partial charge in [0.1, 0.15) is 11.9 Å². The average Bonchev–Trinajstić information content (AvgIpc) is 3.55. The number of alkyl halides is 3. The summed E-state index contributed by atoms with van der Waals surface area (Å²) in [5, 5.41) is 5.74. The van der Waals surface area contributed by atoms with E-state index in [1.807, 2.05) is 0 Å². The molecule has 0 bridgehead atoms. The topological polar surface area (TPSA) is 91.4 Å². The maximum Gasteiger partial charge on any atom is 0.416 e. The molecule has 0 aliphatic carbocycles. The van der Waals surface area contributed by atoms with Crippen LogP contribution in [0.1, 0.15) is 42.9 Å². The van der Waals surface area contributed by atoms with E-state index < -0.39 is 29.6 Å². The van der Waals surface area contributed by atoms with E-state index in [2.05, 4.69) is 15.6 Å². The van der Waals surface area contributed by atoms with Crippen molar-refractivity contribution in [2.45, 2.75) is 18.8 Å². The van der Waals surface area contributed by atoms with Crippen LogP contribution in [0.3, 0.4) is 0 Å². The van der Waals surface area contributed by atoms with Gasteiger partial charge in [0.05, 0.1) is 15.8 Å². The third-order valence-corrected chi connectivity index (χ3v) is 8.92.